The second kappa shape index (κ2) is 2.99. The average Bonchev–Trinajstić information content (AvgIpc) is 1.85. The SMILES string of the molecule is Cc1cc(F)cnc1C(C)C. The van der Waals surface area contributed by atoms with Crippen molar-refractivity contribution in [1.82, 2.24) is 4.98 Å². The van der Waals surface area contributed by atoms with Gasteiger partial charge in [-0.1, -0.05) is 13.8 Å². The van der Waals surface area contributed by atoms with Crippen molar-refractivity contribution in [2.45, 2.75) is 26.7 Å². The number of pyridine rings is 1. The number of hydrogen-bond acceptors (Lipinski definition) is 1. The molecular formula is C9H12FN. The Morgan fingerprint density at radius 2 is 2.09 bits per heavy atom. The predicted octanol–water partition coefficient (Wildman–Crippen LogP) is 2.65. The molecule has 0 N–H and O–H groups in total. The molecule has 2 heteroatoms. The number of halogens is 1. The van der Waals surface area contributed by atoms with E-state index >= 15 is 0 Å². The third-order valence-electron chi connectivity index (χ3n) is 1.63. The van der Waals surface area contributed by atoms with Crippen LogP contribution in [0.25, 0.3) is 0 Å². The molecule has 0 radical (unpaired) electrons. The summed E-state index contributed by atoms with van der Waals surface area (Å²) in [6, 6.07) is 1.52. The molecule has 0 saturated heterocycles. The van der Waals surface area contributed by atoms with E-state index in [1.54, 1.807) is 0 Å². The Kier molecular flexibility index (Phi) is 2.22. The molecule has 0 atom stereocenters. The van der Waals surface area contributed by atoms with E-state index in [-0.39, 0.29) is 5.82 Å². The number of aromatic nitrogens is 1. The molecule has 0 fully saturated rings. The molecule has 1 heterocycles. The van der Waals surface area contributed by atoms with Crippen LogP contribution in [-0.4, -0.2) is 4.98 Å². The molecular weight excluding hydrogens is 141 g/mol. The quantitative estimate of drug-likeness (QED) is 0.604. The van der Waals surface area contributed by atoms with Gasteiger partial charge in [0.15, 0.2) is 0 Å². The number of aryl methyl sites for hydroxylation is 1. The van der Waals surface area contributed by atoms with Crippen molar-refractivity contribution in [2.24, 2.45) is 0 Å². The van der Waals surface area contributed by atoms with Crippen LogP contribution in [0.3, 0.4) is 0 Å². The summed E-state index contributed by atoms with van der Waals surface area (Å²) in [7, 11) is 0. The number of nitrogens with zero attached hydrogens (tertiary/aromatic N) is 1. The molecule has 1 nitrogen and oxygen atoms in total. The molecule has 0 saturated carbocycles. The van der Waals surface area contributed by atoms with Gasteiger partial charge >= 0.3 is 0 Å². The smallest absolute Gasteiger partial charge is 0.141 e. The molecule has 1 aromatic rings. The zero-order valence-electron chi connectivity index (χ0n) is 7.06. The van der Waals surface area contributed by atoms with Crippen LogP contribution in [0.4, 0.5) is 4.39 Å². The first-order valence-electron chi connectivity index (χ1n) is 3.73. The van der Waals surface area contributed by atoms with Crippen molar-refractivity contribution >= 4 is 0 Å². The van der Waals surface area contributed by atoms with Crippen molar-refractivity contribution in [3.8, 4) is 0 Å². The minimum atomic E-state index is -0.257. The Morgan fingerprint density at radius 1 is 1.45 bits per heavy atom. The first-order valence-corrected chi connectivity index (χ1v) is 3.73. The van der Waals surface area contributed by atoms with Gasteiger partial charge in [0.25, 0.3) is 0 Å². The molecule has 0 bridgehead atoms. The van der Waals surface area contributed by atoms with Gasteiger partial charge in [-0.2, -0.15) is 0 Å². The summed E-state index contributed by atoms with van der Waals surface area (Å²) in [6.45, 7) is 5.98. The maximum Gasteiger partial charge on any atom is 0.141 e. The van der Waals surface area contributed by atoms with E-state index < -0.39 is 0 Å². The molecule has 60 valence electrons. The zero-order chi connectivity index (χ0) is 8.43. The van der Waals surface area contributed by atoms with Crippen molar-refractivity contribution in [3.63, 3.8) is 0 Å². The topological polar surface area (TPSA) is 12.9 Å². The van der Waals surface area contributed by atoms with Gasteiger partial charge in [0, 0.05) is 5.69 Å². The Morgan fingerprint density at radius 3 is 2.55 bits per heavy atom. The van der Waals surface area contributed by atoms with E-state index in [1.807, 2.05) is 20.8 Å². The summed E-state index contributed by atoms with van der Waals surface area (Å²) in [5.74, 6) is 0.113. The van der Waals surface area contributed by atoms with Gasteiger partial charge in [0.05, 0.1) is 6.20 Å². The van der Waals surface area contributed by atoms with E-state index in [0.29, 0.717) is 5.92 Å². The lowest BCUT2D eigenvalue weighted by molar-refractivity contribution is 0.615. The van der Waals surface area contributed by atoms with Crippen LogP contribution in [0.15, 0.2) is 12.3 Å². The first-order chi connectivity index (χ1) is 5.11. The molecule has 0 amide bonds. The normalized spacial score (nSPS) is 10.6. The van der Waals surface area contributed by atoms with Gasteiger partial charge < -0.3 is 0 Å². The van der Waals surface area contributed by atoms with Gasteiger partial charge in [-0.25, -0.2) is 4.39 Å². The summed E-state index contributed by atoms with van der Waals surface area (Å²) in [4.78, 5) is 4.00. The third kappa shape index (κ3) is 1.76. The van der Waals surface area contributed by atoms with Gasteiger partial charge in [-0.3, -0.25) is 4.98 Å². The van der Waals surface area contributed by atoms with Crippen LogP contribution < -0.4 is 0 Å². The Bertz CT molecular complexity index is 256. The standard InChI is InChI=1S/C9H12FN/c1-6(2)9-7(3)4-8(10)5-11-9/h4-6H,1-3H3. The molecule has 0 aliphatic rings. The van der Waals surface area contributed by atoms with Crippen molar-refractivity contribution in [2.75, 3.05) is 0 Å². The summed E-state index contributed by atoms with van der Waals surface area (Å²) in [5, 5.41) is 0. The van der Waals surface area contributed by atoms with Crippen molar-refractivity contribution < 1.29 is 4.39 Å². The molecule has 0 spiro atoms. The molecule has 1 aromatic heterocycles. The molecule has 1 rings (SSSR count). The fourth-order valence-electron chi connectivity index (χ4n) is 1.16. The maximum absolute atomic E-state index is 12.5. The Labute approximate surface area is 66.3 Å². The van der Waals surface area contributed by atoms with Gasteiger partial charge in [0.2, 0.25) is 0 Å². The molecule has 0 aliphatic heterocycles. The summed E-state index contributed by atoms with van der Waals surface area (Å²) in [5.41, 5.74) is 1.91. The van der Waals surface area contributed by atoms with E-state index in [4.69, 9.17) is 0 Å². The van der Waals surface area contributed by atoms with Crippen molar-refractivity contribution in [3.05, 3.63) is 29.3 Å². The van der Waals surface area contributed by atoms with Crippen LogP contribution in [0.5, 0.6) is 0 Å². The van der Waals surface area contributed by atoms with Crippen LogP contribution >= 0.6 is 0 Å². The fourth-order valence-corrected chi connectivity index (χ4v) is 1.16. The summed E-state index contributed by atoms with van der Waals surface area (Å²) in [6.07, 6.45) is 1.27. The van der Waals surface area contributed by atoms with Gasteiger partial charge in [0.1, 0.15) is 5.82 Å². The minimum absolute atomic E-state index is 0.257. The third-order valence-corrected chi connectivity index (χ3v) is 1.63. The zero-order valence-corrected chi connectivity index (χ0v) is 7.06. The Balaban J connectivity index is 3.09. The highest BCUT2D eigenvalue weighted by molar-refractivity contribution is 5.21. The molecule has 0 aromatic carbocycles. The average molecular weight is 153 g/mol. The van der Waals surface area contributed by atoms with Gasteiger partial charge in [-0.15, -0.1) is 0 Å². The highest BCUT2D eigenvalue weighted by atomic mass is 19.1. The fraction of sp³-hybridized carbons (Fsp3) is 0.444. The maximum atomic E-state index is 12.5. The Hall–Kier alpha value is -0.920. The van der Waals surface area contributed by atoms with E-state index in [9.17, 15) is 4.39 Å². The number of hydrogen-bond donors (Lipinski definition) is 0. The predicted molar refractivity (Wildman–Crippen MR) is 43.0 cm³/mol. The highest BCUT2D eigenvalue weighted by Crippen LogP contribution is 2.15. The molecule has 0 unspecified atom stereocenters. The monoisotopic (exact) mass is 153 g/mol. The summed E-state index contributed by atoms with van der Waals surface area (Å²) >= 11 is 0. The van der Waals surface area contributed by atoms with Crippen LogP contribution in [-0.2, 0) is 0 Å². The van der Waals surface area contributed by atoms with Crippen LogP contribution in [0.1, 0.15) is 31.0 Å². The first kappa shape index (κ1) is 8.18. The second-order valence-corrected chi connectivity index (χ2v) is 3.01. The van der Waals surface area contributed by atoms with E-state index in [2.05, 4.69) is 4.98 Å². The van der Waals surface area contributed by atoms with Gasteiger partial charge in [-0.05, 0) is 24.5 Å². The lowest BCUT2D eigenvalue weighted by atomic mass is 10.1. The second-order valence-electron chi connectivity index (χ2n) is 3.01. The van der Waals surface area contributed by atoms with Crippen LogP contribution in [0, 0.1) is 12.7 Å². The molecule has 0 aliphatic carbocycles. The van der Waals surface area contributed by atoms with Crippen LogP contribution in [0.2, 0.25) is 0 Å². The number of rotatable bonds is 1. The highest BCUT2D eigenvalue weighted by Gasteiger charge is 2.04. The van der Waals surface area contributed by atoms with E-state index in [0.717, 1.165) is 11.3 Å². The largest absolute Gasteiger partial charge is 0.258 e. The van der Waals surface area contributed by atoms with Crippen molar-refractivity contribution in [1.29, 1.82) is 0 Å². The minimum Gasteiger partial charge on any atom is -0.258 e. The lowest BCUT2D eigenvalue weighted by Gasteiger charge is -2.06. The van der Waals surface area contributed by atoms with E-state index in [1.165, 1.54) is 12.3 Å². The summed E-state index contributed by atoms with van der Waals surface area (Å²) < 4.78 is 12.5. The molecule has 11 heavy (non-hydrogen) atoms. The lowest BCUT2D eigenvalue weighted by Crippen LogP contribution is -1.96.